The van der Waals surface area contributed by atoms with Gasteiger partial charge in [-0.05, 0) is 31.0 Å². The van der Waals surface area contributed by atoms with Gasteiger partial charge < -0.3 is 19.5 Å². The first kappa shape index (κ1) is 16.4. The minimum atomic E-state index is -0.350. The summed E-state index contributed by atoms with van der Waals surface area (Å²) < 4.78 is 21.3. The molecule has 2 heterocycles. The molecule has 2 amide bonds. The van der Waals surface area contributed by atoms with Gasteiger partial charge in [-0.25, -0.2) is 14.2 Å². The minimum Gasteiger partial charge on any atom is -0.377 e. The Hall–Kier alpha value is -2.41. The smallest absolute Gasteiger partial charge is 0.317 e. The van der Waals surface area contributed by atoms with Gasteiger partial charge in [0.15, 0.2) is 0 Å². The molecule has 0 spiro atoms. The average Bonchev–Trinajstić information content (AvgIpc) is 3.01. The molecule has 1 aliphatic heterocycles. The largest absolute Gasteiger partial charge is 0.377 e. The van der Waals surface area contributed by atoms with Crippen LogP contribution in [0.25, 0.3) is 5.69 Å². The van der Waals surface area contributed by atoms with Gasteiger partial charge >= 0.3 is 6.03 Å². The van der Waals surface area contributed by atoms with Gasteiger partial charge in [-0.1, -0.05) is 6.07 Å². The third-order valence-electron chi connectivity index (χ3n) is 3.98. The number of ether oxygens (including phenoxy) is 1. The Morgan fingerprint density at radius 2 is 2.38 bits per heavy atom. The van der Waals surface area contributed by atoms with E-state index < -0.39 is 0 Å². The molecular formula is C17H21FN4O2. The summed E-state index contributed by atoms with van der Waals surface area (Å²) in [6, 6.07) is 4.77. The van der Waals surface area contributed by atoms with E-state index in [0.717, 1.165) is 6.42 Å². The van der Waals surface area contributed by atoms with Crippen molar-refractivity contribution in [1.29, 1.82) is 0 Å². The molecule has 1 aromatic heterocycles. The predicted molar refractivity (Wildman–Crippen MR) is 87.4 cm³/mol. The van der Waals surface area contributed by atoms with E-state index in [9.17, 15) is 9.18 Å². The van der Waals surface area contributed by atoms with Crippen LogP contribution in [0.3, 0.4) is 0 Å². The standard InChI is InChI=1S/C17H21FN4O2/c1-13-11-21(6-2-8-24-13)17(23)20-10-14-3-4-16(15(18)9-14)22-7-5-19-12-22/h3-5,7,9,12-13H,2,6,8,10-11H2,1H3,(H,20,23). The predicted octanol–water partition coefficient (Wildman–Crippen LogP) is 2.33. The molecule has 0 aliphatic carbocycles. The number of carbonyl (C=O) groups excluding carboxylic acids is 1. The summed E-state index contributed by atoms with van der Waals surface area (Å²) in [5, 5.41) is 2.84. The number of hydrogen-bond donors (Lipinski definition) is 1. The Balaban J connectivity index is 1.60. The molecule has 1 atom stereocenters. The normalized spacial score (nSPS) is 18.2. The lowest BCUT2D eigenvalue weighted by molar-refractivity contribution is 0.0710. The fraction of sp³-hybridized carbons (Fsp3) is 0.412. The van der Waals surface area contributed by atoms with E-state index in [1.807, 2.05) is 6.92 Å². The third-order valence-corrected chi connectivity index (χ3v) is 3.98. The fourth-order valence-corrected chi connectivity index (χ4v) is 2.74. The van der Waals surface area contributed by atoms with Crippen LogP contribution in [0, 0.1) is 5.82 Å². The molecule has 0 radical (unpaired) electrons. The minimum absolute atomic E-state index is 0.0326. The van der Waals surface area contributed by atoms with E-state index in [0.29, 0.717) is 30.9 Å². The Labute approximate surface area is 140 Å². The highest BCUT2D eigenvalue weighted by atomic mass is 19.1. The summed E-state index contributed by atoms with van der Waals surface area (Å²) in [4.78, 5) is 17.9. The number of amides is 2. The number of carbonyl (C=O) groups is 1. The lowest BCUT2D eigenvalue weighted by atomic mass is 10.2. The summed E-state index contributed by atoms with van der Waals surface area (Å²) in [5.41, 5.74) is 1.14. The van der Waals surface area contributed by atoms with Crippen molar-refractivity contribution < 1.29 is 13.9 Å². The molecule has 6 nitrogen and oxygen atoms in total. The summed E-state index contributed by atoms with van der Waals surface area (Å²) in [6.45, 7) is 4.15. The zero-order chi connectivity index (χ0) is 16.9. The van der Waals surface area contributed by atoms with Crippen LogP contribution in [0.4, 0.5) is 9.18 Å². The first-order chi connectivity index (χ1) is 11.6. The first-order valence-electron chi connectivity index (χ1n) is 8.04. The number of aromatic nitrogens is 2. The zero-order valence-corrected chi connectivity index (χ0v) is 13.6. The molecule has 1 saturated heterocycles. The molecule has 0 bridgehead atoms. The molecule has 2 aromatic rings. The van der Waals surface area contributed by atoms with Crippen molar-refractivity contribution in [3.63, 3.8) is 0 Å². The van der Waals surface area contributed by atoms with E-state index in [-0.39, 0.29) is 24.5 Å². The molecule has 1 aromatic carbocycles. The van der Waals surface area contributed by atoms with Gasteiger partial charge in [-0.15, -0.1) is 0 Å². The lowest BCUT2D eigenvalue weighted by Crippen LogP contribution is -2.42. The maximum Gasteiger partial charge on any atom is 0.317 e. The monoisotopic (exact) mass is 332 g/mol. The van der Waals surface area contributed by atoms with Crippen LogP contribution in [0.5, 0.6) is 0 Å². The van der Waals surface area contributed by atoms with Gasteiger partial charge in [0.1, 0.15) is 5.82 Å². The van der Waals surface area contributed by atoms with Crippen LogP contribution in [-0.2, 0) is 11.3 Å². The van der Waals surface area contributed by atoms with Crippen LogP contribution in [0.2, 0.25) is 0 Å². The molecule has 3 rings (SSSR count). The van der Waals surface area contributed by atoms with Crippen molar-refractivity contribution in [2.24, 2.45) is 0 Å². The molecule has 0 saturated carbocycles. The number of rotatable bonds is 3. The Bertz CT molecular complexity index is 690. The Morgan fingerprint density at radius 1 is 1.50 bits per heavy atom. The maximum absolute atomic E-state index is 14.2. The van der Waals surface area contributed by atoms with Crippen LogP contribution in [0.15, 0.2) is 36.9 Å². The van der Waals surface area contributed by atoms with Crippen molar-refractivity contribution in [2.45, 2.75) is 26.0 Å². The van der Waals surface area contributed by atoms with Gasteiger partial charge in [-0.2, -0.15) is 0 Å². The van der Waals surface area contributed by atoms with Crippen LogP contribution in [-0.4, -0.2) is 46.3 Å². The van der Waals surface area contributed by atoms with Crippen molar-refractivity contribution in [1.82, 2.24) is 19.8 Å². The lowest BCUT2D eigenvalue weighted by Gasteiger charge is -2.22. The molecule has 1 N–H and O–H groups in total. The van der Waals surface area contributed by atoms with Crippen LogP contribution >= 0.6 is 0 Å². The second-order valence-corrected chi connectivity index (χ2v) is 5.90. The number of nitrogens with zero attached hydrogens (tertiary/aromatic N) is 3. The molecule has 1 fully saturated rings. The van der Waals surface area contributed by atoms with Crippen molar-refractivity contribution in [3.8, 4) is 5.69 Å². The molecule has 24 heavy (non-hydrogen) atoms. The van der Waals surface area contributed by atoms with E-state index in [2.05, 4.69) is 10.3 Å². The number of nitrogens with one attached hydrogen (secondary N) is 1. The van der Waals surface area contributed by atoms with Gasteiger partial charge in [-0.3, -0.25) is 0 Å². The van der Waals surface area contributed by atoms with Crippen LogP contribution in [0.1, 0.15) is 18.9 Å². The average molecular weight is 332 g/mol. The summed E-state index contributed by atoms with van der Waals surface area (Å²) in [5.74, 6) is -0.350. The number of benzene rings is 1. The van der Waals surface area contributed by atoms with Gasteiger partial charge in [0, 0.05) is 38.6 Å². The first-order valence-corrected chi connectivity index (χ1v) is 8.04. The Morgan fingerprint density at radius 3 is 3.12 bits per heavy atom. The van der Waals surface area contributed by atoms with Crippen LogP contribution < -0.4 is 5.32 Å². The van der Waals surface area contributed by atoms with Crippen molar-refractivity contribution in [3.05, 3.63) is 48.3 Å². The number of urea groups is 1. The highest BCUT2D eigenvalue weighted by Gasteiger charge is 2.19. The third kappa shape index (κ3) is 3.91. The second-order valence-electron chi connectivity index (χ2n) is 5.90. The number of imidazole rings is 1. The highest BCUT2D eigenvalue weighted by molar-refractivity contribution is 5.74. The molecule has 1 unspecified atom stereocenters. The summed E-state index contributed by atoms with van der Waals surface area (Å²) in [7, 11) is 0. The quantitative estimate of drug-likeness (QED) is 0.938. The molecule has 7 heteroatoms. The van der Waals surface area contributed by atoms with E-state index >= 15 is 0 Å². The SMILES string of the molecule is CC1CN(C(=O)NCc2ccc(-n3ccnc3)c(F)c2)CCCO1. The topological polar surface area (TPSA) is 59.4 Å². The fourth-order valence-electron chi connectivity index (χ4n) is 2.74. The maximum atomic E-state index is 14.2. The molecule has 128 valence electrons. The van der Waals surface area contributed by atoms with Gasteiger partial charge in [0.05, 0.1) is 18.1 Å². The van der Waals surface area contributed by atoms with Gasteiger partial charge in [0.25, 0.3) is 0 Å². The number of hydrogen-bond acceptors (Lipinski definition) is 3. The van der Waals surface area contributed by atoms with Crippen molar-refractivity contribution >= 4 is 6.03 Å². The highest BCUT2D eigenvalue weighted by Crippen LogP contribution is 2.15. The van der Waals surface area contributed by atoms with Gasteiger partial charge in [0.2, 0.25) is 0 Å². The summed E-state index contributed by atoms with van der Waals surface area (Å²) >= 11 is 0. The van der Waals surface area contributed by atoms with Crippen molar-refractivity contribution in [2.75, 3.05) is 19.7 Å². The Kier molecular flexibility index (Phi) is 5.10. The molecular weight excluding hydrogens is 311 g/mol. The van der Waals surface area contributed by atoms with E-state index in [1.54, 1.807) is 40.3 Å². The van der Waals surface area contributed by atoms with E-state index in [4.69, 9.17) is 4.74 Å². The summed E-state index contributed by atoms with van der Waals surface area (Å²) in [6.07, 6.45) is 5.68. The van der Waals surface area contributed by atoms with E-state index in [1.165, 1.54) is 6.07 Å². The second kappa shape index (κ2) is 7.44. The molecule has 1 aliphatic rings. The number of halogens is 1. The zero-order valence-electron chi connectivity index (χ0n) is 13.6.